The maximum absolute atomic E-state index is 5.54. The number of methoxy groups -OCH3 is 1. The summed E-state index contributed by atoms with van der Waals surface area (Å²) in [6.45, 7) is 4.37. The van der Waals surface area contributed by atoms with Gasteiger partial charge in [0.2, 0.25) is 0 Å². The normalized spacial score (nSPS) is 20.8. The molecule has 3 heteroatoms. The van der Waals surface area contributed by atoms with Gasteiger partial charge >= 0.3 is 0 Å². The molecular weight excluding hydrogens is 266 g/mol. The third kappa shape index (κ3) is 2.25. The molecule has 0 spiro atoms. The van der Waals surface area contributed by atoms with E-state index in [0.29, 0.717) is 5.92 Å². The van der Waals surface area contributed by atoms with Crippen molar-refractivity contribution in [2.24, 2.45) is 0 Å². The van der Waals surface area contributed by atoms with Crippen LogP contribution in [0, 0.1) is 6.92 Å². The lowest BCUT2D eigenvalue weighted by Gasteiger charge is -2.26. The Hall–Kier alpha value is -0.540. The number of hydrogen-bond donors (Lipinski definition) is 1. The molecule has 0 bridgehead atoms. The standard InChI is InChI=1S/C13H18BrNO/c1-9-5-6-11(14)13(16-2)12(9)10-4-3-7-15-8-10/h5-6,10,15H,3-4,7-8H2,1-2H3. The summed E-state index contributed by atoms with van der Waals surface area (Å²) in [4.78, 5) is 0. The van der Waals surface area contributed by atoms with Crippen molar-refractivity contribution in [3.8, 4) is 5.75 Å². The molecule has 0 aromatic heterocycles. The van der Waals surface area contributed by atoms with Gasteiger partial charge in [-0.05, 0) is 53.9 Å². The molecule has 1 aromatic rings. The van der Waals surface area contributed by atoms with Crippen molar-refractivity contribution >= 4 is 15.9 Å². The third-order valence-electron chi connectivity index (χ3n) is 3.28. The van der Waals surface area contributed by atoms with E-state index >= 15 is 0 Å². The summed E-state index contributed by atoms with van der Waals surface area (Å²) in [5, 5.41) is 3.46. The molecule has 88 valence electrons. The molecule has 1 aromatic carbocycles. The number of halogens is 1. The minimum absolute atomic E-state index is 0.584. The first kappa shape index (κ1) is 11.9. The molecule has 2 rings (SSSR count). The molecule has 1 N–H and O–H groups in total. The average molecular weight is 284 g/mol. The molecule has 16 heavy (non-hydrogen) atoms. The summed E-state index contributed by atoms with van der Waals surface area (Å²) in [6, 6.07) is 4.23. The Balaban J connectivity index is 2.40. The Bertz CT molecular complexity index is 372. The highest BCUT2D eigenvalue weighted by Gasteiger charge is 2.22. The van der Waals surface area contributed by atoms with Crippen LogP contribution in [-0.4, -0.2) is 20.2 Å². The van der Waals surface area contributed by atoms with Crippen molar-refractivity contribution in [2.75, 3.05) is 20.2 Å². The van der Waals surface area contributed by atoms with Gasteiger partial charge in [0.25, 0.3) is 0 Å². The summed E-state index contributed by atoms with van der Waals surface area (Å²) in [5.74, 6) is 1.59. The number of ether oxygens (including phenoxy) is 1. The molecule has 1 saturated heterocycles. The molecule has 1 fully saturated rings. The topological polar surface area (TPSA) is 21.3 Å². The smallest absolute Gasteiger partial charge is 0.136 e. The summed E-state index contributed by atoms with van der Waals surface area (Å²) < 4.78 is 6.59. The minimum atomic E-state index is 0.584. The van der Waals surface area contributed by atoms with E-state index in [1.54, 1.807) is 7.11 Å². The molecule has 2 nitrogen and oxygen atoms in total. The van der Waals surface area contributed by atoms with Crippen molar-refractivity contribution in [1.29, 1.82) is 0 Å². The highest BCUT2D eigenvalue weighted by molar-refractivity contribution is 9.10. The van der Waals surface area contributed by atoms with Gasteiger partial charge in [0.15, 0.2) is 0 Å². The molecule has 0 aliphatic carbocycles. The summed E-state index contributed by atoms with van der Waals surface area (Å²) >= 11 is 3.56. The van der Waals surface area contributed by atoms with Crippen LogP contribution in [0.5, 0.6) is 5.75 Å². The van der Waals surface area contributed by atoms with Crippen LogP contribution in [0.1, 0.15) is 29.9 Å². The SMILES string of the molecule is COc1c(Br)ccc(C)c1C1CCCNC1. The van der Waals surface area contributed by atoms with Crippen LogP contribution < -0.4 is 10.1 Å². The molecule has 1 aliphatic heterocycles. The van der Waals surface area contributed by atoms with E-state index in [2.05, 4.69) is 40.3 Å². The highest BCUT2D eigenvalue weighted by atomic mass is 79.9. The Morgan fingerprint density at radius 2 is 2.25 bits per heavy atom. The molecule has 1 atom stereocenters. The van der Waals surface area contributed by atoms with E-state index in [4.69, 9.17) is 4.74 Å². The van der Waals surface area contributed by atoms with E-state index in [9.17, 15) is 0 Å². The van der Waals surface area contributed by atoms with Crippen molar-refractivity contribution in [2.45, 2.75) is 25.7 Å². The Kier molecular flexibility index (Phi) is 3.87. The van der Waals surface area contributed by atoms with Gasteiger partial charge in [-0.15, -0.1) is 0 Å². The summed E-state index contributed by atoms with van der Waals surface area (Å²) in [5.41, 5.74) is 2.69. The Morgan fingerprint density at radius 3 is 2.88 bits per heavy atom. The van der Waals surface area contributed by atoms with Gasteiger partial charge in [0, 0.05) is 18.0 Å². The van der Waals surface area contributed by atoms with Crippen LogP contribution in [0.4, 0.5) is 0 Å². The van der Waals surface area contributed by atoms with E-state index < -0.39 is 0 Å². The zero-order chi connectivity index (χ0) is 11.5. The number of benzene rings is 1. The van der Waals surface area contributed by atoms with Gasteiger partial charge in [-0.1, -0.05) is 6.07 Å². The van der Waals surface area contributed by atoms with Crippen LogP contribution in [0.2, 0.25) is 0 Å². The van der Waals surface area contributed by atoms with Gasteiger partial charge in [0.1, 0.15) is 5.75 Å². The van der Waals surface area contributed by atoms with E-state index in [1.807, 2.05) is 0 Å². The number of hydrogen-bond acceptors (Lipinski definition) is 2. The van der Waals surface area contributed by atoms with Crippen molar-refractivity contribution in [3.05, 3.63) is 27.7 Å². The lowest BCUT2D eigenvalue weighted by Crippen LogP contribution is -2.29. The first-order valence-corrected chi connectivity index (χ1v) is 6.57. The quantitative estimate of drug-likeness (QED) is 0.900. The lowest BCUT2D eigenvalue weighted by molar-refractivity contribution is 0.389. The van der Waals surface area contributed by atoms with Gasteiger partial charge in [0.05, 0.1) is 11.6 Å². The zero-order valence-electron chi connectivity index (χ0n) is 9.85. The average Bonchev–Trinajstić information content (AvgIpc) is 2.33. The monoisotopic (exact) mass is 283 g/mol. The maximum Gasteiger partial charge on any atom is 0.136 e. The first-order valence-electron chi connectivity index (χ1n) is 5.77. The fraction of sp³-hybridized carbons (Fsp3) is 0.538. The van der Waals surface area contributed by atoms with Crippen LogP contribution in [0.15, 0.2) is 16.6 Å². The van der Waals surface area contributed by atoms with E-state index in [1.165, 1.54) is 24.0 Å². The minimum Gasteiger partial charge on any atom is -0.495 e. The second-order valence-electron chi connectivity index (χ2n) is 4.35. The van der Waals surface area contributed by atoms with E-state index in [0.717, 1.165) is 23.3 Å². The van der Waals surface area contributed by atoms with Crippen LogP contribution in [0.3, 0.4) is 0 Å². The van der Waals surface area contributed by atoms with Crippen molar-refractivity contribution in [1.82, 2.24) is 5.32 Å². The molecule has 0 amide bonds. The van der Waals surface area contributed by atoms with Crippen molar-refractivity contribution < 1.29 is 4.74 Å². The molecule has 1 unspecified atom stereocenters. The van der Waals surface area contributed by atoms with Crippen LogP contribution in [-0.2, 0) is 0 Å². The van der Waals surface area contributed by atoms with Gasteiger partial charge in [-0.3, -0.25) is 0 Å². The Morgan fingerprint density at radius 1 is 1.44 bits per heavy atom. The highest BCUT2D eigenvalue weighted by Crippen LogP contribution is 2.38. The van der Waals surface area contributed by atoms with Gasteiger partial charge in [-0.25, -0.2) is 0 Å². The zero-order valence-corrected chi connectivity index (χ0v) is 11.4. The number of piperidine rings is 1. The second-order valence-corrected chi connectivity index (χ2v) is 5.21. The largest absolute Gasteiger partial charge is 0.495 e. The molecule has 0 radical (unpaired) electrons. The molecule has 0 saturated carbocycles. The summed E-state index contributed by atoms with van der Waals surface area (Å²) in [7, 11) is 1.75. The van der Waals surface area contributed by atoms with Crippen molar-refractivity contribution in [3.63, 3.8) is 0 Å². The predicted octanol–water partition coefficient (Wildman–Crippen LogP) is 3.23. The molecule has 1 heterocycles. The lowest BCUT2D eigenvalue weighted by atomic mass is 9.88. The third-order valence-corrected chi connectivity index (χ3v) is 3.90. The first-order chi connectivity index (χ1) is 7.74. The molecular formula is C13H18BrNO. The number of rotatable bonds is 2. The fourth-order valence-electron chi connectivity index (χ4n) is 2.48. The van der Waals surface area contributed by atoms with E-state index in [-0.39, 0.29) is 0 Å². The summed E-state index contributed by atoms with van der Waals surface area (Å²) in [6.07, 6.45) is 2.50. The number of nitrogens with one attached hydrogen (secondary N) is 1. The van der Waals surface area contributed by atoms with Gasteiger partial charge < -0.3 is 10.1 Å². The van der Waals surface area contributed by atoms with Crippen LogP contribution >= 0.6 is 15.9 Å². The predicted molar refractivity (Wildman–Crippen MR) is 70.3 cm³/mol. The molecule has 1 aliphatic rings. The van der Waals surface area contributed by atoms with Crippen LogP contribution in [0.25, 0.3) is 0 Å². The maximum atomic E-state index is 5.54. The second kappa shape index (κ2) is 5.19. The van der Waals surface area contributed by atoms with Gasteiger partial charge in [-0.2, -0.15) is 0 Å². The Labute approximate surface area is 106 Å². The fourth-order valence-corrected chi connectivity index (χ4v) is 2.99. The number of aryl methyl sites for hydroxylation is 1.